The second kappa shape index (κ2) is 6.08. The molecule has 3 rings (SSSR count). The highest BCUT2D eigenvalue weighted by molar-refractivity contribution is 6.30. The van der Waals surface area contributed by atoms with Gasteiger partial charge in [-0.25, -0.2) is 0 Å². The van der Waals surface area contributed by atoms with Crippen LogP contribution in [-0.2, 0) is 0 Å². The average Bonchev–Trinajstić information content (AvgIpc) is 2.56. The van der Waals surface area contributed by atoms with Crippen LogP contribution in [0.3, 0.4) is 0 Å². The predicted octanol–water partition coefficient (Wildman–Crippen LogP) is 4.37. The number of ether oxygens (including phenoxy) is 1. The van der Waals surface area contributed by atoms with E-state index < -0.39 is 0 Å². The first-order chi connectivity index (χ1) is 10.7. The minimum absolute atomic E-state index is 0.129. The molecule has 0 saturated carbocycles. The molecule has 2 aromatic carbocycles. The second-order valence-corrected chi connectivity index (χ2v) is 5.27. The molecule has 0 unspecified atom stereocenters. The molecule has 0 atom stereocenters. The Bertz CT molecular complexity index is 836. The molecule has 3 aromatic rings. The molecule has 4 heteroatoms. The number of hydrogen-bond acceptors (Lipinski definition) is 2. The number of H-pyrrole nitrogens is 1. The summed E-state index contributed by atoms with van der Waals surface area (Å²) in [4.78, 5) is 15.0. The fraction of sp³-hybridized carbons (Fsp3) is 0.0556. The molecule has 110 valence electrons. The monoisotopic (exact) mass is 311 g/mol. The summed E-state index contributed by atoms with van der Waals surface area (Å²) in [5.41, 5.74) is 3.16. The summed E-state index contributed by atoms with van der Waals surface area (Å²) in [7, 11) is 1.63. The smallest absolute Gasteiger partial charge is 0.256 e. The van der Waals surface area contributed by atoms with Crippen molar-refractivity contribution in [1.82, 2.24) is 4.98 Å². The van der Waals surface area contributed by atoms with Gasteiger partial charge in [-0.15, -0.1) is 0 Å². The molecule has 0 radical (unpaired) electrons. The number of nitrogens with one attached hydrogen (secondary N) is 1. The van der Waals surface area contributed by atoms with E-state index in [2.05, 4.69) is 4.98 Å². The van der Waals surface area contributed by atoms with E-state index in [1.807, 2.05) is 42.5 Å². The van der Waals surface area contributed by atoms with E-state index in [-0.39, 0.29) is 5.56 Å². The maximum Gasteiger partial charge on any atom is 0.256 e. The summed E-state index contributed by atoms with van der Waals surface area (Å²) in [5.74, 6) is 0.779. The van der Waals surface area contributed by atoms with Crippen molar-refractivity contribution in [2.24, 2.45) is 0 Å². The van der Waals surface area contributed by atoms with Crippen molar-refractivity contribution in [3.8, 4) is 28.0 Å². The highest BCUT2D eigenvalue weighted by Crippen LogP contribution is 2.30. The normalized spacial score (nSPS) is 10.5. The SMILES string of the molecule is COc1ccc(-c2cc[nH]c(=O)c2-c2ccc(Cl)cc2)cc1. The Morgan fingerprint density at radius 3 is 2.18 bits per heavy atom. The molecule has 22 heavy (non-hydrogen) atoms. The summed E-state index contributed by atoms with van der Waals surface area (Å²) >= 11 is 5.93. The van der Waals surface area contributed by atoms with Gasteiger partial charge in [-0.1, -0.05) is 35.9 Å². The van der Waals surface area contributed by atoms with Crippen LogP contribution in [0.2, 0.25) is 5.02 Å². The van der Waals surface area contributed by atoms with Crippen molar-refractivity contribution in [3.63, 3.8) is 0 Å². The van der Waals surface area contributed by atoms with Gasteiger partial charge in [0.1, 0.15) is 5.75 Å². The van der Waals surface area contributed by atoms with E-state index in [1.165, 1.54) is 0 Å². The third-order valence-electron chi connectivity index (χ3n) is 3.49. The van der Waals surface area contributed by atoms with E-state index in [0.29, 0.717) is 10.6 Å². The van der Waals surface area contributed by atoms with Crippen LogP contribution in [0.4, 0.5) is 0 Å². The van der Waals surface area contributed by atoms with Crippen LogP contribution in [0.5, 0.6) is 5.75 Å². The van der Waals surface area contributed by atoms with E-state index in [9.17, 15) is 4.79 Å². The van der Waals surface area contributed by atoms with Gasteiger partial charge < -0.3 is 9.72 Å². The summed E-state index contributed by atoms with van der Waals surface area (Å²) in [6, 6.07) is 16.8. The number of halogens is 1. The number of aromatic nitrogens is 1. The molecular weight excluding hydrogens is 298 g/mol. The van der Waals surface area contributed by atoms with Crippen LogP contribution in [0.1, 0.15) is 0 Å². The minimum atomic E-state index is -0.129. The molecule has 0 spiro atoms. The Morgan fingerprint density at radius 2 is 1.55 bits per heavy atom. The van der Waals surface area contributed by atoms with Crippen LogP contribution in [0, 0.1) is 0 Å². The van der Waals surface area contributed by atoms with Crippen molar-refractivity contribution in [3.05, 3.63) is 76.2 Å². The quantitative estimate of drug-likeness (QED) is 0.780. The first-order valence-corrected chi connectivity index (χ1v) is 7.19. The second-order valence-electron chi connectivity index (χ2n) is 4.83. The standard InChI is InChI=1S/C18H14ClNO2/c1-22-15-8-4-12(5-9-15)16-10-11-20-18(21)17(16)13-2-6-14(19)7-3-13/h2-11H,1H3,(H,20,21). The van der Waals surface area contributed by atoms with Crippen LogP contribution in [0.25, 0.3) is 22.3 Å². The topological polar surface area (TPSA) is 42.1 Å². The maximum absolute atomic E-state index is 12.3. The highest BCUT2D eigenvalue weighted by Gasteiger charge is 2.11. The van der Waals surface area contributed by atoms with Crippen molar-refractivity contribution < 1.29 is 4.74 Å². The molecule has 0 aliphatic heterocycles. The Balaban J connectivity index is 2.17. The Morgan fingerprint density at radius 1 is 0.909 bits per heavy atom. The summed E-state index contributed by atoms with van der Waals surface area (Å²) in [6.07, 6.45) is 1.65. The fourth-order valence-electron chi connectivity index (χ4n) is 2.39. The lowest BCUT2D eigenvalue weighted by molar-refractivity contribution is 0.415. The number of rotatable bonds is 3. The van der Waals surface area contributed by atoms with E-state index in [0.717, 1.165) is 22.4 Å². The number of aromatic amines is 1. The van der Waals surface area contributed by atoms with Crippen LogP contribution in [-0.4, -0.2) is 12.1 Å². The van der Waals surface area contributed by atoms with Gasteiger partial charge in [-0.3, -0.25) is 4.79 Å². The van der Waals surface area contributed by atoms with Crippen LogP contribution >= 0.6 is 11.6 Å². The Labute approximate surface area is 133 Å². The first-order valence-electron chi connectivity index (χ1n) is 6.81. The summed E-state index contributed by atoms with van der Waals surface area (Å²) < 4.78 is 5.17. The largest absolute Gasteiger partial charge is 0.497 e. The van der Waals surface area contributed by atoms with Crippen molar-refractivity contribution in [2.75, 3.05) is 7.11 Å². The molecule has 1 aromatic heterocycles. The lowest BCUT2D eigenvalue weighted by atomic mass is 9.96. The summed E-state index contributed by atoms with van der Waals surface area (Å²) in [6.45, 7) is 0. The molecular formula is C18H14ClNO2. The summed E-state index contributed by atoms with van der Waals surface area (Å²) in [5, 5.41) is 0.641. The molecule has 1 N–H and O–H groups in total. The minimum Gasteiger partial charge on any atom is -0.497 e. The van der Waals surface area contributed by atoms with Gasteiger partial charge in [0.25, 0.3) is 5.56 Å². The van der Waals surface area contributed by atoms with E-state index in [4.69, 9.17) is 16.3 Å². The maximum atomic E-state index is 12.3. The van der Waals surface area contributed by atoms with Crippen LogP contribution in [0.15, 0.2) is 65.6 Å². The zero-order chi connectivity index (χ0) is 15.5. The van der Waals surface area contributed by atoms with Gasteiger partial charge in [0.15, 0.2) is 0 Å². The number of methoxy groups -OCH3 is 1. The molecule has 0 aliphatic carbocycles. The van der Waals surface area contributed by atoms with E-state index >= 15 is 0 Å². The third-order valence-corrected chi connectivity index (χ3v) is 3.75. The lowest BCUT2D eigenvalue weighted by Crippen LogP contribution is -2.09. The molecule has 0 bridgehead atoms. The van der Waals surface area contributed by atoms with Gasteiger partial charge in [0, 0.05) is 11.2 Å². The van der Waals surface area contributed by atoms with Gasteiger partial charge in [0.05, 0.1) is 12.7 Å². The van der Waals surface area contributed by atoms with E-state index in [1.54, 1.807) is 25.4 Å². The molecule has 3 nitrogen and oxygen atoms in total. The van der Waals surface area contributed by atoms with Gasteiger partial charge in [-0.2, -0.15) is 0 Å². The number of hydrogen-bond donors (Lipinski definition) is 1. The van der Waals surface area contributed by atoms with Crippen LogP contribution < -0.4 is 10.3 Å². The Hall–Kier alpha value is -2.52. The average molecular weight is 312 g/mol. The number of pyridine rings is 1. The number of benzene rings is 2. The zero-order valence-corrected chi connectivity index (χ0v) is 12.7. The third kappa shape index (κ3) is 2.76. The van der Waals surface area contributed by atoms with Gasteiger partial charge in [-0.05, 0) is 47.0 Å². The molecule has 0 fully saturated rings. The van der Waals surface area contributed by atoms with Gasteiger partial charge >= 0.3 is 0 Å². The molecule has 0 amide bonds. The predicted molar refractivity (Wildman–Crippen MR) is 89.5 cm³/mol. The zero-order valence-electron chi connectivity index (χ0n) is 12.0. The Kier molecular flexibility index (Phi) is 3.98. The van der Waals surface area contributed by atoms with Crippen molar-refractivity contribution in [2.45, 2.75) is 0 Å². The highest BCUT2D eigenvalue weighted by atomic mass is 35.5. The first kappa shape index (κ1) is 14.4. The molecule has 1 heterocycles. The van der Waals surface area contributed by atoms with Crippen molar-refractivity contribution in [1.29, 1.82) is 0 Å². The van der Waals surface area contributed by atoms with Crippen molar-refractivity contribution >= 4 is 11.6 Å². The molecule has 0 saturated heterocycles. The fourth-order valence-corrected chi connectivity index (χ4v) is 2.52. The van der Waals surface area contributed by atoms with Gasteiger partial charge in [0.2, 0.25) is 0 Å². The lowest BCUT2D eigenvalue weighted by Gasteiger charge is -2.10. The molecule has 0 aliphatic rings.